The smallest absolute Gasteiger partial charge is 0.200 e. The molecule has 0 amide bonds. The third-order valence-corrected chi connectivity index (χ3v) is 0.824. The van der Waals surface area contributed by atoms with Gasteiger partial charge in [0.05, 0.1) is 13.2 Å². The molecule has 0 spiro atoms. The van der Waals surface area contributed by atoms with Crippen LogP contribution < -0.4 is 5.32 Å². The Morgan fingerprint density at radius 3 is 3.44 bits per heavy atom. The lowest BCUT2D eigenvalue weighted by Gasteiger charge is -1.99. The van der Waals surface area contributed by atoms with Crippen molar-refractivity contribution in [1.29, 1.82) is 0 Å². The molecule has 9 heavy (non-hydrogen) atoms. The molecular formula is C6H6N2O. The molecule has 1 aliphatic heterocycles. The maximum Gasteiger partial charge on any atom is 0.200 e. The monoisotopic (exact) mass is 122 g/mol. The predicted molar refractivity (Wildman–Crippen MR) is 34.5 cm³/mol. The normalized spacial score (nSPS) is 14.1. The number of ether oxygens (including phenoxy) is 1. The molecule has 1 aliphatic rings. The summed E-state index contributed by atoms with van der Waals surface area (Å²) in [6, 6.07) is 2.51. The summed E-state index contributed by atoms with van der Waals surface area (Å²) >= 11 is 0. The van der Waals surface area contributed by atoms with Gasteiger partial charge in [0.25, 0.3) is 0 Å². The van der Waals surface area contributed by atoms with Gasteiger partial charge < -0.3 is 10.1 Å². The second-order valence-electron chi connectivity index (χ2n) is 1.37. The Morgan fingerprint density at radius 1 is 1.78 bits per heavy atom. The molecule has 0 aliphatic carbocycles. The van der Waals surface area contributed by atoms with Crippen LogP contribution in [0.25, 0.3) is 0 Å². The Hall–Kier alpha value is -1.43. The summed E-state index contributed by atoms with van der Waals surface area (Å²) in [6.07, 6.45) is 3.10. The Balaban J connectivity index is 2.68. The van der Waals surface area contributed by atoms with E-state index in [-0.39, 0.29) is 0 Å². The molecule has 0 unspecified atom stereocenters. The van der Waals surface area contributed by atoms with Crippen LogP contribution in [0.2, 0.25) is 0 Å². The van der Waals surface area contributed by atoms with E-state index >= 15 is 0 Å². The molecule has 0 radical (unpaired) electrons. The van der Waals surface area contributed by atoms with Gasteiger partial charge in [-0.2, -0.15) is 4.99 Å². The first kappa shape index (κ1) is 5.70. The van der Waals surface area contributed by atoms with Crippen molar-refractivity contribution in [1.82, 2.24) is 5.32 Å². The van der Waals surface area contributed by atoms with E-state index in [1.165, 1.54) is 6.34 Å². The highest BCUT2D eigenvalue weighted by atomic mass is 16.5. The molecule has 0 aromatic heterocycles. The number of nitrogens with one attached hydrogen (secondary N) is 1. The van der Waals surface area contributed by atoms with Crippen molar-refractivity contribution < 1.29 is 4.74 Å². The maximum atomic E-state index is 4.83. The fraction of sp³-hybridized carbons (Fsp3) is 0.167. The standard InChI is InChI=1S/C6H6N2O/c1-9-6-3-2-4-7-5-8-6/h3,5H,1H3,(H,7,8). The van der Waals surface area contributed by atoms with Crippen molar-refractivity contribution in [3.63, 3.8) is 0 Å². The Labute approximate surface area is 53.4 Å². The van der Waals surface area contributed by atoms with E-state index in [1.54, 1.807) is 13.2 Å². The molecule has 0 atom stereocenters. The van der Waals surface area contributed by atoms with E-state index in [2.05, 4.69) is 22.3 Å². The number of rotatable bonds is 1. The average molecular weight is 122 g/mol. The van der Waals surface area contributed by atoms with Crippen molar-refractivity contribution in [3.8, 4) is 12.0 Å². The van der Waals surface area contributed by atoms with Gasteiger partial charge in [0, 0.05) is 6.04 Å². The molecular weight excluding hydrogens is 116 g/mol. The van der Waals surface area contributed by atoms with Crippen molar-refractivity contribution in [2.45, 2.75) is 0 Å². The van der Waals surface area contributed by atoms with Gasteiger partial charge in [0.2, 0.25) is 0 Å². The van der Waals surface area contributed by atoms with Crippen LogP contribution in [-0.2, 0) is 4.74 Å². The van der Waals surface area contributed by atoms with E-state index in [1.807, 2.05) is 0 Å². The molecule has 0 saturated carbocycles. The first-order chi connectivity index (χ1) is 4.43. The second kappa shape index (κ2) is 2.78. The molecule has 3 heteroatoms. The van der Waals surface area contributed by atoms with Crippen LogP contribution in [0, 0.1) is 12.0 Å². The molecule has 0 aromatic carbocycles. The first-order valence-corrected chi connectivity index (χ1v) is 2.46. The molecule has 1 heterocycles. The highest BCUT2D eigenvalue weighted by molar-refractivity contribution is 5.59. The minimum atomic E-state index is 0.615. The summed E-state index contributed by atoms with van der Waals surface area (Å²) in [4.78, 5) is 3.64. The summed E-state index contributed by atoms with van der Waals surface area (Å²) in [5.41, 5.74) is 0. The van der Waals surface area contributed by atoms with E-state index in [4.69, 9.17) is 4.74 Å². The number of aliphatic imine (C=N–C) groups is 1. The molecule has 0 saturated heterocycles. The molecule has 0 fully saturated rings. The number of nitrogens with zero attached hydrogens (tertiary/aromatic N) is 1. The maximum absolute atomic E-state index is 4.83. The van der Waals surface area contributed by atoms with Crippen LogP contribution in [0.5, 0.6) is 0 Å². The minimum absolute atomic E-state index is 0.615. The highest BCUT2D eigenvalue weighted by Crippen LogP contribution is 1.87. The Kier molecular flexibility index (Phi) is 1.76. The summed E-state index contributed by atoms with van der Waals surface area (Å²) in [6.45, 7) is 0. The minimum Gasteiger partial charge on any atom is -0.482 e. The third kappa shape index (κ3) is 1.50. The Bertz CT molecular complexity index is 207. The summed E-state index contributed by atoms with van der Waals surface area (Å²) in [7, 11) is 1.57. The zero-order valence-corrected chi connectivity index (χ0v) is 5.01. The van der Waals surface area contributed by atoms with Crippen molar-refractivity contribution in [2.75, 3.05) is 7.11 Å². The molecule has 1 N–H and O–H groups in total. The summed E-state index contributed by atoms with van der Waals surface area (Å²) in [5, 5.41) is 2.75. The fourth-order valence-electron chi connectivity index (χ4n) is 0.423. The van der Waals surface area contributed by atoms with Gasteiger partial charge in [-0.1, -0.05) is 0 Å². The van der Waals surface area contributed by atoms with Crippen molar-refractivity contribution in [3.05, 3.63) is 12.0 Å². The highest BCUT2D eigenvalue weighted by Gasteiger charge is 1.88. The lowest BCUT2D eigenvalue weighted by molar-refractivity contribution is 0.277. The van der Waals surface area contributed by atoms with Gasteiger partial charge in [-0.05, 0) is 5.92 Å². The molecule has 0 aromatic rings. The predicted octanol–water partition coefficient (Wildman–Crippen LogP) is 0.0666. The molecule has 46 valence electrons. The topological polar surface area (TPSA) is 33.6 Å². The first-order valence-electron chi connectivity index (χ1n) is 2.46. The van der Waals surface area contributed by atoms with Crippen LogP contribution in [-0.4, -0.2) is 13.4 Å². The quantitative estimate of drug-likeness (QED) is 0.499. The van der Waals surface area contributed by atoms with Crippen LogP contribution in [0.15, 0.2) is 17.0 Å². The third-order valence-electron chi connectivity index (χ3n) is 0.824. The average Bonchev–Trinajstić information content (AvgIpc) is 2.13. The Morgan fingerprint density at radius 2 is 2.67 bits per heavy atom. The fourth-order valence-corrected chi connectivity index (χ4v) is 0.423. The van der Waals surface area contributed by atoms with Gasteiger partial charge in [0.15, 0.2) is 5.88 Å². The zero-order valence-electron chi connectivity index (χ0n) is 5.01. The van der Waals surface area contributed by atoms with Gasteiger partial charge in [-0.15, -0.1) is 0 Å². The summed E-state index contributed by atoms with van der Waals surface area (Å²) in [5.74, 6) is 3.27. The zero-order chi connectivity index (χ0) is 6.53. The summed E-state index contributed by atoms with van der Waals surface area (Å²) < 4.78 is 4.83. The van der Waals surface area contributed by atoms with E-state index < -0.39 is 0 Å². The second-order valence-corrected chi connectivity index (χ2v) is 1.37. The van der Waals surface area contributed by atoms with Crippen molar-refractivity contribution >= 4 is 6.34 Å². The van der Waals surface area contributed by atoms with E-state index in [0.717, 1.165) is 0 Å². The van der Waals surface area contributed by atoms with Crippen molar-refractivity contribution in [2.24, 2.45) is 4.99 Å². The van der Waals surface area contributed by atoms with E-state index in [0.29, 0.717) is 5.88 Å². The van der Waals surface area contributed by atoms with Gasteiger partial charge in [-0.25, -0.2) is 0 Å². The number of hydrogen-bond acceptors (Lipinski definition) is 3. The molecule has 1 rings (SSSR count). The largest absolute Gasteiger partial charge is 0.482 e. The molecule has 0 bridgehead atoms. The van der Waals surface area contributed by atoms with Crippen LogP contribution >= 0.6 is 0 Å². The number of hydrogen-bond donors (Lipinski definition) is 1. The molecule has 3 nitrogen and oxygen atoms in total. The SMILES string of the molecule is COC1=CC#CN=CN1. The van der Waals surface area contributed by atoms with Gasteiger partial charge in [0.1, 0.15) is 6.34 Å². The number of methoxy groups -OCH3 is 1. The van der Waals surface area contributed by atoms with Crippen LogP contribution in [0.1, 0.15) is 0 Å². The lowest BCUT2D eigenvalue weighted by Crippen LogP contribution is -2.10. The van der Waals surface area contributed by atoms with Gasteiger partial charge >= 0.3 is 0 Å². The van der Waals surface area contributed by atoms with E-state index in [9.17, 15) is 0 Å². The lowest BCUT2D eigenvalue weighted by atomic mass is 10.6. The van der Waals surface area contributed by atoms with Crippen LogP contribution in [0.3, 0.4) is 0 Å². The van der Waals surface area contributed by atoms with Crippen LogP contribution in [0.4, 0.5) is 0 Å². The van der Waals surface area contributed by atoms with Gasteiger partial charge in [-0.3, -0.25) is 0 Å². The number of allylic oxidation sites excluding steroid dienone is 1.